The van der Waals surface area contributed by atoms with E-state index in [2.05, 4.69) is 15.9 Å². The predicted molar refractivity (Wildman–Crippen MR) is 83.8 cm³/mol. The third-order valence-corrected chi connectivity index (χ3v) is 3.83. The Labute approximate surface area is 135 Å². The topological polar surface area (TPSA) is 62.5 Å². The fourth-order valence-corrected chi connectivity index (χ4v) is 2.78. The Morgan fingerprint density at radius 3 is 2.82 bits per heavy atom. The Balaban J connectivity index is 1.88. The van der Waals surface area contributed by atoms with Crippen molar-refractivity contribution < 1.29 is 19.1 Å². The summed E-state index contributed by atoms with van der Waals surface area (Å²) in [6.45, 7) is 2.00. The van der Waals surface area contributed by atoms with Gasteiger partial charge in [0.05, 0.1) is 5.97 Å². The van der Waals surface area contributed by atoms with E-state index in [1.807, 2.05) is 24.3 Å². The van der Waals surface area contributed by atoms with Crippen molar-refractivity contribution in [2.75, 3.05) is 0 Å². The van der Waals surface area contributed by atoms with Crippen molar-refractivity contribution in [3.63, 3.8) is 0 Å². The summed E-state index contributed by atoms with van der Waals surface area (Å²) in [5.74, 6) is -0.338. The van der Waals surface area contributed by atoms with Crippen molar-refractivity contribution in [1.82, 2.24) is 0 Å². The first-order chi connectivity index (χ1) is 10.5. The molecule has 1 aromatic heterocycles. The zero-order valence-electron chi connectivity index (χ0n) is 11.8. The summed E-state index contributed by atoms with van der Waals surface area (Å²) >= 11 is 3.41. The molecule has 0 bridgehead atoms. The number of carboxylic acid groups (broad SMARTS) is 1. The van der Waals surface area contributed by atoms with Crippen LogP contribution < -0.4 is 9.84 Å². The maximum Gasteiger partial charge on any atom is 0.135 e. The minimum absolute atomic E-state index is 0.0721. The van der Waals surface area contributed by atoms with Gasteiger partial charge in [0, 0.05) is 15.4 Å². The highest BCUT2D eigenvalue weighted by molar-refractivity contribution is 9.10. The maximum atomic E-state index is 11.2. The van der Waals surface area contributed by atoms with Gasteiger partial charge in [0.1, 0.15) is 23.7 Å². The standard InChI is InChI=1S/C17H13BrO4/c1-10-16(17(19)20)14-8-13(5-6-15(14)22-10)21-9-11-3-2-4-12(18)7-11/h2-8H,9H2,1H3,(H,19,20)/p-1. The summed E-state index contributed by atoms with van der Waals surface area (Å²) in [7, 11) is 0. The van der Waals surface area contributed by atoms with Crippen molar-refractivity contribution in [3.8, 4) is 5.75 Å². The highest BCUT2D eigenvalue weighted by atomic mass is 79.9. The molecular weight excluding hydrogens is 348 g/mol. The number of rotatable bonds is 4. The van der Waals surface area contributed by atoms with E-state index in [9.17, 15) is 9.90 Å². The summed E-state index contributed by atoms with van der Waals surface area (Å²) in [5, 5.41) is 11.7. The van der Waals surface area contributed by atoms with Crippen LogP contribution in [0.15, 0.2) is 51.4 Å². The lowest BCUT2D eigenvalue weighted by Crippen LogP contribution is -2.22. The molecule has 0 atom stereocenters. The Hall–Kier alpha value is -2.27. The highest BCUT2D eigenvalue weighted by Crippen LogP contribution is 2.29. The van der Waals surface area contributed by atoms with Crippen LogP contribution in [0.2, 0.25) is 0 Å². The van der Waals surface area contributed by atoms with Gasteiger partial charge in [-0.15, -0.1) is 0 Å². The number of fused-ring (bicyclic) bond motifs is 1. The van der Waals surface area contributed by atoms with Gasteiger partial charge in [0.15, 0.2) is 0 Å². The van der Waals surface area contributed by atoms with Crippen LogP contribution in [0.3, 0.4) is 0 Å². The first kappa shape index (κ1) is 14.7. The van der Waals surface area contributed by atoms with Crippen LogP contribution >= 0.6 is 15.9 Å². The molecule has 0 radical (unpaired) electrons. The molecule has 0 amide bonds. The number of halogens is 1. The molecule has 1 heterocycles. The molecule has 0 aliphatic heterocycles. The monoisotopic (exact) mass is 359 g/mol. The van der Waals surface area contributed by atoms with E-state index < -0.39 is 5.97 Å². The Morgan fingerprint density at radius 2 is 2.09 bits per heavy atom. The van der Waals surface area contributed by atoms with E-state index in [0.29, 0.717) is 29.1 Å². The molecule has 0 unspecified atom stereocenters. The maximum absolute atomic E-state index is 11.2. The lowest BCUT2D eigenvalue weighted by atomic mass is 10.1. The average Bonchev–Trinajstić information content (AvgIpc) is 2.80. The largest absolute Gasteiger partial charge is 0.545 e. The lowest BCUT2D eigenvalue weighted by Gasteiger charge is -2.07. The number of ether oxygens (including phenoxy) is 1. The molecule has 22 heavy (non-hydrogen) atoms. The van der Waals surface area contributed by atoms with Crippen molar-refractivity contribution in [1.29, 1.82) is 0 Å². The van der Waals surface area contributed by atoms with Gasteiger partial charge in [-0.05, 0) is 42.8 Å². The van der Waals surface area contributed by atoms with Crippen LogP contribution in [0, 0.1) is 6.92 Å². The number of carbonyl (C=O) groups is 1. The van der Waals surface area contributed by atoms with Crippen molar-refractivity contribution in [2.45, 2.75) is 13.5 Å². The second-order valence-corrected chi connectivity index (χ2v) is 5.81. The quantitative estimate of drug-likeness (QED) is 0.715. The summed E-state index contributed by atoms with van der Waals surface area (Å²) in [5.41, 5.74) is 1.59. The number of hydrogen-bond acceptors (Lipinski definition) is 4. The van der Waals surface area contributed by atoms with E-state index in [-0.39, 0.29) is 5.56 Å². The number of furan rings is 1. The predicted octanol–water partition coefficient (Wildman–Crippen LogP) is 3.45. The molecule has 0 aliphatic rings. The lowest BCUT2D eigenvalue weighted by molar-refractivity contribution is -0.254. The minimum atomic E-state index is -1.25. The normalized spacial score (nSPS) is 10.8. The van der Waals surface area contributed by atoms with Gasteiger partial charge < -0.3 is 19.1 Å². The Kier molecular flexibility index (Phi) is 3.90. The summed E-state index contributed by atoms with van der Waals surface area (Å²) in [6.07, 6.45) is 0. The zero-order valence-corrected chi connectivity index (χ0v) is 13.3. The van der Waals surface area contributed by atoms with Crippen molar-refractivity contribution >= 4 is 32.9 Å². The van der Waals surface area contributed by atoms with Crippen LogP contribution in [-0.4, -0.2) is 5.97 Å². The molecule has 3 aromatic rings. The minimum Gasteiger partial charge on any atom is -0.545 e. The van der Waals surface area contributed by atoms with Crippen LogP contribution in [0.1, 0.15) is 21.7 Å². The van der Waals surface area contributed by atoms with Gasteiger partial charge in [-0.2, -0.15) is 0 Å². The van der Waals surface area contributed by atoms with E-state index in [1.54, 1.807) is 25.1 Å². The van der Waals surface area contributed by atoms with Gasteiger partial charge in [0.25, 0.3) is 0 Å². The number of hydrogen-bond donors (Lipinski definition) is 0. The molecular formula is C17H12BrO4-. The average molecular weight is 360 g/mol. The number of carboxylic acids is 1. The molecule has 2 aromatic carbocycles. The van der Waals surface area contributed by atoms with E-state index in [0.717, 1.165) is 10.0 Å². The van der Waals surface area contributed by atoms with Crippen LogP contribution in [0.4, 0.5) is 0 Å². The van der Waals surface area contributed by atoms with Gasteiger partial charge in [-0.1, -0.05) is 28.1 Å². The summed E-state index contributed by atoms with van der Waals surface area (Å²) in [6, 6.07) is 12.9. The van der Waals surface area contributed by atoms with Crippen molar-refractivity contribution in [2.24, 2.45) is 0 Å². The van der Waals surface area contributed by atoms with Gasteiger partial charge in [0.2, 0.25) is 0 Å². The molecule has 0 fully saturated rings. The molecule has 0 saturated heterocycles. The van der Waals surface area contributed by atoms with Gasteiger partial charge in [-0.25, -0.2) is 0 Å². The number of aromatic carboxylic acids is 1. The summed E-state index contributed by atoms with van der Waals surface area (Å²) < 4.78 is 12.1. The summed E-state index contributed by atoms with van der Waals surface area (Å²) in [4.78, 5) is 11.2. The molecule has 0 aliphatic carbocycles. The first-order valence-corrected chi connectivity index (χ1v) is 7.45. The SMILES string of the molecule is Cc1oc2ccc(OCc3cccc(Br)c3)cc2c1C(=O)[O-]. The third kappa shape index (κ3) is 2.85. The molecule has 3 rings (SSSR count). The Bertz CT molecular complexity index is 851. The highest BCUT2D eigenvalue weighted by Gasteiger charge is 2.12. The molecule has 4 nitrogen and oxygen atoms in total. The molecule has 112 valence electrons. The number of carbonyl (C=O) groups excluding carboxylic acids is 1. The van der Waals surface area contributed by atoms with Gasteiger partial charge in [-0.3, -0.25) is 0 Å². The van der Waals surface area contributed by atoms with Crippen LogP contribution in [-0.2, 0) is 6.61 Å². The van der Waals surface area contributed by atoms with E-state index in [4.69, 9.17) is 9.15 Å². The fraction of sp³-hybridized carbons (Fsp3) is 0.118. The first-order valence-electron chi connectivity index (χ1n) is 6.66. The smallest absolute Gasteiger partial charge is 0.135 e. The molecule has 5 heteroatoms. The molecule has 0 spiro atoms. The number of benzene rings is 2. The van der Waals surface area contributed by atoms with Crippen molar-refractivity contribution in [3.05, 3.63) is 63.8 Å². The molecule has 0 N–H and O–H groups in total. The Morgan fingerprint density at radius 1 is 1.27 bits per heavy atom. The van der Waals surface area contributed by atoms with E-state index >= 15 is 0 Å². The van der Waals surface area contributed by atoms with Gasteiger partial charge >= 0.3 is 0 Å². The van der Waals surface area contributed by atoms with Crippen LogP contribution in [0.5, 0.6) is 5.75 Å². The number of aryl methyl sites for hydroxylation is 1. The van der Waals surface area contributed by atoms with E-state index in [1.165, 1.54) is 0 Å². The second kappa shape index (κ2) is 5.85. The fourth-order valence-electron chi connectivity index (χ4n) is 2.34. The van der Waals surface area contributed by atoms with Crippen LogP contribution in [0.25, 0.3) is 11.0 Å². The molecule has 0 saturated carbocycles. The zero-order chi connectivity index (χ0) is 15.7. The third-order valence-electron chi connectivity index (χ3n) is 3.33. The second-order valence-electron chi connectivity index (χ2n) is 4.90.